The molecule has 0 aromatic heterocycles. The lowest BCUT2D eigenvalue weighted by atomic mass is 9.76. The Labute approximate surface area is 185 Å². The number of aliphatic hydroxyl groups is 1. The van der Waals surface area contributed by atoms with Gasteiger partial charge in [0.15, 0.2) is 5.60 Å². The van der Waals surface area contributed by atoms with Gasteiger partial charge in [0.25, 0.3) is 11.8 Å². The van der Waals surface area contributed by atoms with Gasteiger partial charge in [0.1, 0.15) is 11.9 Å². The summed E-state index contributed by atoms with van der Waals surface area (Å²) < 4.78 is 19.0. The van der Waals surface area contributed by atoms with E-state index in [2.05, 4.69) is 27.7 Å². The van der Waals surface area contributed by atoms with Crippen molar-refractivity contribution in [1.82, 2.24) is 10.2 Å². The quantitative estimate of drug-likeness (QED) is 0.663. The third-order valence-electron chi connectivity index (χ3n) is 6.49. The van der Waals surface area contributed by atoms with Crippen molar-refractivity contribution in [3.05, 3.63) is 59.2 Å². The molecule has 32 heavy (non-hydrogen) atoms. The van der Waals surface area contributed by atoms with Gasteiger partial charge in [-0.3, -0.25) is 14.5 Å². The van der Waals surface area contributed by atoms with Gasteiger partial charge >= 0.3 is 0 Å². The van der Waals surface area contributed by atoms with Crippen molar-refractivity contribution in [2.24, 2.45) is 0 Å². The van der Waals surface area contributed by atoms with Crippen molar-refractivity contribution in [3.63, 3.8) is 0 Å². The second-order valence-corrected chi connectivity index (χ2v) is 8.88. The molecule has 2 aromatic rings. The van der Waals surface area contributed by atoms with E-state index < -0.39 is 17.9 Å². The molecule has 1 fully saturated rings. The molecule has 1 unspecified atom stereocenters. The van der Waals surface area contributed by atoms with Crippen LogP contribution in [0.3, 0.4) is 0 Å². The van der Waals surface area contributed by atoms with Crippen molar-refractivity contribution in [2.45, 2.75) is 43.7 Å². The lowest BCUT2D eigenvalue weighted by molar-refractivity contribution is -0.147. The summed E-state index contributed by atoms with van der Waals surface area (Å²) in [7, 11) is 0. The number of amides is 2. The molecule has 1 saturated carbocycles. The second kappa shape index (κ2) is 8.18. The number of ether oxygens (including phenoxy) is 1. The van der Waals surface area contributed by atoms with Crippen LogP contribution in [0.5, 0.6) is 5.75 Å². The van der Waals surface area contributed by atoms with E-state index >= 15 is 0 Å². The molecular weight excluding hydrogens is 413 g/mol. The Hall–Kier alpha value is -2.97. The summed E-state index contributed by atoms with van der Waals surface area (Å²) in [5.74, 6) is -0.300. The Bertz CT molecular complexity index is 1050. The zero-order valence-electron chi connectivity index (χ0n) is 17.6. The fourth-order valence-corrected chi connectivity index (χ4v) is 4.66. The first kappa shape index (κ1) is 20.9. The van der Waals surface area contributed by atoms with E-state index in [1.165, 1.54) is 17.2 Å². The minimum absolute atomic E-state index is 0.0427. The Morgan fingerprint density at radius 2 is 2.06 bits per heavy atom. The zero-order valence-corrected chi connectivity index (χ0v) is 17.6. The smallest absolute Gasteiger partial charge is 0.268 e. The molecule has 2 aliphatic heterocycles. The van der Waals surface area contributed by atoms with E-state index in [0.29, 0.717) is 23.5 Å². The number of benzene rings is 2. The lowest BCUT2D eigenvalue weighted by Gasteiger charge is -2.45. The van der Waals surface area contributed by atoms with Crippen LogP contribution in [0, 0.1) is 0 Å². The van der Waals surface area contributed by atoms with Gasteiger partial charge in [-0.15, -0.1) is 0 Å². The third-order valence-corrected chi connectivity index (χ3v) is 6.49. The number of hydrogen-bond donors (Lipinski definition) is 3. The number of carbonyl (C=O) groups excluding carboxylic acids is 2. The number of β-amino-alcohol motifs (C(OH)–C–C–N with tert-alkyl or cyclic N) is 1. The van der Waals surface area contributed by atoms with Crippen molar-refractivity contribution in [2.75, 3.05) is 25.0 Å². The van der Waals surface area contributed by atoms with Crippen LogP contribution in [-0.2, 0) is 17.8 Å². The predicted molar refractivity (Wildman–Crippen MR) is 116 cm³/mol. The van der Waals surface area contributed by atoms with E-state index in [9.17, 15) is 19.1 Å². The van der Waals surface area contributed by atoms with Gasteiger partial charge in [0.2, 0.25) is 0 Å². The van der Waals surface area contributed by atoms with Gasteiger partial charge in [0, 0.05) is 44.6 Å². The highest BCUT2D eigenvalue weighted by molar-refractivity contribution is 6.03. The Kier molecular flexibility index (Phi) is 5.35. The third kappa shape index (κ3) is 3.96. The molecule has 8 heteroatoms. The number of nitrogens with one attached hydrogen (secondary N) is 2. The van der Waals surface area contributed by atoms with Crippen LogP contribution in [0.2, 0.25) is 0 Å². The minimum Gasteiger partial charge on any atom is -0.475 e. The van der Waals surface area contributed by atoms with Gasteiger partial charge in [-0.25, -0.2) is 4.39 Å². The molecule has 3 N–H and O–H groups in total. The standard InChI is InChI=1S/C24H26FN3O4/c25-18-10-24(11-18)23(31)27-20-9-16(5-6-21(20)32-24)22(30)26-12-19(29)14-28-8-7-15-3-1-2-4-17(15)13-28/h1-6,9,18-19,29H,7-8,10-14H2,(H,26,30)(H,27,31). The van der Waals surface area contributed by atoms with Crippen LogP contribution >= 0.6 is 0 Å². The molecular formula is C24H26FN3O4. The molecule has 1 aliphatic carbocycles. The van der Waals surface area contributed by atoms with Crippen LogP contribution in [0.1, 0.15) is 34.3 Å². The number of fused-ring (bicyclic) bond motifs is 2. The van der Waals surface area contributed by atoms with Crippen LogP contribution < -0.4 is 15.4 Å². The van der Waals surface area contributed by atoms with E-state index in [1.54, 1.807) is 12.1 Å². The number of aliphatic hydroxyl groups excluding tert-OH is 1. The maximum atomic E-state index is 13.3. The number of hydrogen-bond acceptors (Lipinski definition) is 5. The number of nitrogens with zero attached hydrogens (tertiary/aromatic N) is 1. The SMILES string of the molecule is O=C(NCC(O)CN1CCc2ccccc2C1)c1ccc2c(c1)NC(=O)C1(CC(F)C1)O2. The largest absolute Gasteiger partial charge is 0.475 e. The van der Waals surface area contributed by atoms with Crippen molar-refractivity contribution < 1.29 is 23.8 Å². The monoisotopic (exact) mass is 439 g/mol. The molecule has 2 aromatic carbocycles. The van der Waals surface area contributed by atoms with Crippen molar-refractivity contribution in [1.29, 1.82) is 0 Å². The lowest BCUT2D eigenvalue weighted by Crippen LogP contribution is -2.60. The molecule has 5 rings (SSSR count). The minimum atomic E-state index is -1.13. The molecule has 2 heterocycles. The number of alkyl halides is 1. The van der Waals surface area contributed by atoms with E-state index in [1.807, 2.05) is 12.1 Å². The highest BCUT2D eigenvalue weighted by atomic mass is 19.1. The Morgan fingerprint density at radius 3 is 2.84 bits per heavy atom. The second-order valence-electron chi connectivity index (χ2n) is 8.88. The van der Waals surface area contributed by atoms with E-state index in [-0.39, 0.29) is 31.2 Å². The predicted octanol–water partition coefficient (Wildman–Crippen LogP) is 2.04. The highest BCUT2D eigenvalue weighted by Crippen LogP contribution is 2.45. The van der Waals surface area contributed by atoms with Crippen LogP contribution in [0.25, 0.3) is 0 Å². The van der Waals surface area contributed by atoms with Gasteiger partial charge < -0.3 is 20.5 Å². The highest BCUT2D eigenvalue weighted by Gasteiger charge is 2.55. The van der Waals surface area contributed by atoms with Gasteiger partial charge in [-0.05, 0) is 35.7 Å². The van der Waals surface area contributed by atoms with Gasteiger partial charge in [0.05, 0.1) is 11.8 Å². The molecule has 1 spiro atoms. The summed E-state index contributed by atoms with van der Waals surface area (Å²) in [6, 6.07) is 13.1. The number of anilines is 1. The molecule has 1 atom stereocenters. The average molecular weight is 439 g/mol. The summed E-state index contributed by atoms with van der Waals surface area (Å²) in [4.78, 5) is 27.1. The van der Waals surface area contributed by atoms with E-state index in [4.69, 9.17) is 4.74 Å². The van der Waals surface area contributed by atoms with E-state index in [0.717, 1.165) is 19.5 Å². The first-order chi connectivity index (χ1) is 15.4. The van der Waals surface area contributed by atoms with Gasteiger partial charge in [-0.1, -0.05) is 24.3 Å². The fraction of sp³-hybridized carbons (Fsp3) is 0.417. The number of halogens is 1. The van der Waals surface area contributed by atoms with Crippen molar-refractivity contribution >= 4 is 17.5 Å². The average Bonchev–Trinajstić information content (AvgIpc) is 2.76. The molecule has 168 valence electrons. The topological polar surface area (TPSA) is 90.9 Å². The zero-order chi connectivity index (χ0) is 22.3. The summed E-state index contributed by atoms with van der Waals surface area (Å²) in [6.07, 6.45) is -0.691. The molecule has 0 saturated heterocycles. The first-order valence-corrected chi connectivity index (χ1v) is 11.0. The normalized spacial score (nSPS) is 25.1. The Morgan fingerprint density at radius 1 is 1.28 bits per heavy atom. The molecule has 7 nitrogen and oxygen atoms in total. The number of carbonyl (C=O) groups is 2. The van der Waals surface area contributed by atoms with Crippen LogP contribution in [0.15, 0.2) is 42.5 Å². The summed E-state index contributed by atoms with van der Waals surface area (Å²) in [5, 5.41) is 15.9. The van der Waals surface area contributed by atoms with Crippen LogP contribution in [0.4, 0.5) is 10.1 Å². The van der Waals surface area contributed by atoms with Crippen LogP contribution in [-0.4, -0.2) is 59.3 Å². The summed E-state index contributed by atoms with van der Waals surface area (Å²) in [6.45, 7) is 2.26. The number of rotatable bonds is 5. The maximum absolute atomic E-state index is 13.3. The molecule has 0 radical (unpaired) electrons. The summed E-state index contributed by atoms with van der Waals surface area (Å²) in [5.41, 5.74) is 2.24. The molecule has 3 aliphatic rings. The maximum Gasteiger partial charge on any atom is 0.268 e. The first-order valence-electron chi connectivity index (χ1n) is 11.0. The molecule has 0 bridgehead atoms. The fourth-order valence-electron chi connectivity index (χ4n) is 4.66. The summed E-state index contributed by atoms with van der Waals surface area (Å²) >= 11 is 0. The Balaban J connectivity index is 1.15. The molecule has 2 amide bonds. The van der Waals surface area contributed by atoms with Gasteiger partial charge in [-0.2, -0.15) is 0 Å². The van der Waals surface area contributed by atoms with Crippen molar-refractivity contribution in [3.8, 4) is 5.75 Å².